The van der Waals surface area contributed by atoms with Gasteiger partial charge in [-0.15, -0.1) is 0 Å². The standard InChI is InChI=1S/C14H22N2O2S/c1-3-19(17,18)16-10-4-5-14(16)7-6-13-8-9-15-12(2)11-13/h8-9,11,14H,3-7,10H2,1-2H3/t14-/m0/s1. The molecule has 2 rings (SSSR count). The molecule has 1 aliphatic rings. The zero-order chi connectivity index (χ0) is 13.9. The van der Waals surface area contributed by atoms with Crippen LogP contribution < -0.4 is 0 Å². The number of sulfonamides is 1. The molecular weight excluding hydrogens is 260 g/mol. The van der Waals surface area contributed by atoms with Gasteiger partial charge in [-0.3, -0.25) is 4.98 Å². The Kier molecular flexibility index (Phi) is 4.58. The maximum atomic E-state index is 12.0. The third-order valence-corrected chi connectivity index (χ3v) is 5.70. The van der Waals surface area contributed by atoms with E-state index in [-0.39, 0.29) is 11.8 Å². The SMILES string of the molecule is CCS(=O)(=O)N1CCC[C@H]1CCc1ccnc(C)c1. The summed E-state index contributed by atoms with van der Waals surface area (Å²) in [6, 6.07) is 4.27. The zero-order valence-corrected chi connectivity index (χ0v) is 12.5. The van der Waals surface area contributed by atoms with Crippen LogP contribution in [-0.2, 0) is 16.4 Å². The van der Waals surface area contributed by atoms with Crippen LogP contribution in [0.15, 0.2) is 18.3 Å². The fourth-order valence-corrected chi connectivity index (χ4v) is 4.13. The molecule has 0 aromatic carbocycles. The summed E-state index contributed by atoms with van der Waals surface area (Å²) < 4.78 is 25.7. The van der Waals surface area contributed by atoms with Crippen LogP contribution in [-0.4, -0.2) is 36.0 Å². The van der Waals surface area contributed by atoms with Gasteiger partial charge in [-0.2, -0.15) is 4.31 Å². The van der Waals surface area contributed by atoms with E-state index < -0.39 is 10.0 Å². The zero-order valence-electron chi connectivity index (χ0n) is 11.7. The Morgan fingerprint density at radius 2 is 2.26 bits per heavy atom. The minimum absolute atomic E-state index is 0.179. The van der Waals surface area contributed by atoms with E-state index in [1.165, 1.54) is 5.56 Å². The molecule has 1 fully saturated rings. The highest BCUT2D eigenvalue weighted by Crippen LogP contribution is 2.25. The predicted molar refractivity (Wildman–Crippen MR) is 76.5 cm³/mol. The van der Waals surface area contributed by atoms with Crippen molar-refractivity contribution in [3.8, 4) is 0 Å². The molecular formula is C14H22N2O2S. The van der Waals surface area contributed by atoms with Gasteiger partial charge >= 0.3 is 0 Å². The highest BCUT2D eigenvalue weighted by Gasteiger charge is 2.32. The van der Waals surface area contributed by atoms with Crippen molar-refractivity contribution in [1.82, 2.24) is 9.29 Å². The second-order valence-electron chi connectivity index (χ2n) is 5.15. The van der Waals surface area contributed by atoms with Crippen molar-refractivity contribution in [3.05, 3.63) is 29.6 Å². The van der Waals surface area contributed by atoms with E-state index >= 15 is 0 Å². The molecule has 1 aromatic rings. The Morgan fingerprint density at radius 3 is 2.95 bits per heavy atom. The maximum Gasteiger partial charge on any atom is 0.214 e. The smallest absolute Gasteiger partial charge is 0.214 e. The van der Waals surface area contributed by atoms with Gasteiger partial charge in [0.05, 0.1) is 5.75 Å². The number of rotatable bonds is 5. The van der Waals surface area contributed by atoms with E-state index in [0.29, 0.717) is 6.54 Å². The van der Waals surface area contributed by atoms with Gasteiger partial charge in [-0.25, -0.2) is 8.42 Å². The second kappa shape index (κ2) is 6.01. The molecule has 0 aliphatic carbocycles. The summed E-state index contributed by atoms with van der Waals surface area (Å²) in [4.78, 5) is 4.18. The van der Waals surface area contributed by atoms with Gasteiger partial charge < -0.3 is 0 Å². The van der Waals surface area contributed by atoms with Crippen molar-refractivity contribution in [3.63, 3.8) is 0 Å². The first kappa shape index (κ1) is 14.5. The Labute approximate surface area is 115 Å². The van der Waals surface area contributed by atoms with Crippen LogP contribution in [0.2, 0.25) is 0 Å². The Hall–Kier alpha value is -0.940. The van der Waals surface area contributed by atoms with Gasteiger partial charge in [0.15, 0.2) is 0 Å². The molecule has 0 unspecified atom stereocenters. The first-order chi connectivity index (χ1) is 9.03. The van der Waals surface area contributed by atoms with Gasteiger partial charge in [-0.05, 0) is 57.2 Å². The summed E-state index contributed by atoms with van der Waals surface area (Å²) in [5.41, 5.74) is 2.26. The van der Waals surface area contributed by atoms with Gasteiger partial charge in [-0.1, -0.05) is 0 Å². The summed E-state index contributed by atoms with van der Waals surface area (Å²) in [6.45, 7) is 4.39. The molecule has 1 saturated heterocycles. The summed E-state index contributed by atoms with van der Waals surface area (Å²) in [5.74, 6) is 0.206. The first-order valence-electron chi connectivity index (χ1n) is 6.94. The lowest BCUT2D eigenvalue weighted by Gasteiger charge is -2.23. The molecule has 2 heterocycles. The van der Waals surface area contributed by atoms with Crippen molar-refractivity contribution in [2.45, 2.75) is 45.6 Å². The van der Waals surface area contributed by atoms with Crippen molar-refractivity contribution in [1.29, 1.82) is 0 Å². The first-order valence-corrected chi connectivity index (χ1v) is 8.55. The predicted octanol–water partition coefficient (Wildman–Crippen LogP) is 2.14. The third-order valence-electron chi connectivity index (χ3n) is 3.77. The van der Waals surface area contributed by atoms with Crippen LogP contribution in [0.5, 0.6) is 0 Å². The van der Waals surface area contributed by atoms with Crippen molar-refractivity contribution >= 4 is 10.0 Å². The fourth-order valence-electron chi connectivity index (χ4n) is 2.72. The lowest BCUT2D eigenvalue weighted by atomic mass is 10.0. The minimum Gasteiger partial charge on any atom is -0.262 e. The molecule has 5 heteroatoms. The monoisotopic (exact) mass is 282 g/mol. The maximum absolute atomic E-state index is 12.0. The number of hydrogen-bond acceptors (Lipinski definition) is 3. The van der Waals surface area contributed by atoms with E-state index in [1.807, 2.05) is 19.2 Å². The molecule has 4 nitrogen and oxygen atoms in total. The molecule has 1 aliphatic heterocycles. The van der Waals surface area contributed by atoms with Gasteiger partial charge in [0.1, 0.15) is 0 Å². The molecule has 0 bridgehead atoms. The van der Waals surface area contributed by atoms with Crippen LogP contribution in [0.1, 0.15) is 37.4 Å². The molecule has 0 radical (unpaired) electrons. The average Bonchev–Trinajstić information content (AvgIpc) is 2.85. The molecule has 0 amide bonds. The number of aryl methyl sites for hydroxylation is 2. The molecule has 19 heavy (non-hydrogen) atoms. The summed E-state index contributed by atoms with van der Waals surface area (Å²) >= 11 is 0. The Morgan fingerprint density at radius 1 is 1.47 bits per heavy atom. The topological polar surface area (TPSA) is 50.3 Å². The van der Waals surface area contributed by atoms with E-state index in [0.717, 1.165) is 31.4 Å². The quantitative estimate of drug-likeness (QED) is 0.831. The molecule has 106 valence electrons. The van der Waals surface area contributed by atoms with Gasteiger partial charge in [0.2, 0.25) is 10.0 Å². The lowest BCUT2D eigenvalue weighted by molar-refractivity contribution is 0.371. The normalized spacial score (nSPS) is 20.8. The van der Waals surface area contributed by atoms with Crippen LogP contribution >= 0.6 is 0 Å². The fraction of sp³-hybridized carbons (Fsp3) is 0.643. The third kappa shape index (κ3) is 3.54. The van der Waals surface area contributed by atoms with E-state index in [1.54, 1.807) is 11.2 Å². The largest absolute Gasteiger partial charge is 0.262 e. The molecule has 0 N–H and O–H groups in total. The minimum atomic E-state index is -3.04. The summed E-state index contributed by atoms with van der Waals surface area (Å²) in [7, 11) is -3.04. The Balaban J connectivity index is 1.99. The number of nitrogens with zero attached hydrogens (tertiary/aromatic N) is 2. The van der Waals surface area contributed by atoms with Crippen LogP contribution in [0.25, 0.3) is 0 Å². The van der Waals surface area contributed by atoms with Gasteiger partial charge in [0, 0.05) is 24.5 Å². The van der Waals surface area contributed by atoms with E-state index in [2.05, 4.69) is 11.1 Å². The van der Waals surface area contributed by atoms with Crippen LogP contribution in [0, 0.1) is 6.92 Å². The number of pyridine rings is 1. The molecule has 0 saturated carbocycles. The number of aromatic nitrogens is 1. The summed E-state index contributed by atoms with van der Waals surface area (Å²) in [5, 5.41) is 0. The summed E-state index contributed by atoms with van der Waals surface area (Å²) in [6.07, 6.45) is 5.62. The van der Waals surface area contributed by atoms with E-state index in [9.17, 15) is 8.42 Å². The van der Waals surface area contributed by atoms with E-state index in [4.69, 9.17) is 0 Å². The van der Waals surface area contributed by atoms with Crippen molar-refractivity contribution in [2.24, 2.45) is 0 Å². The van der Waals surface area contributed by atoms with Crippen LogP contribution in [0.3, 0.4) is 0 Å². The number of hydrogen-bond donors (Lipinski definition) is 0. The highest BCUT2D eigenvalue weighted by molar-refractivity contribution is 7.89. The Bertz CT molecular complexity index is 528. The van der Waals surface area contributed by atoms with Crippen molar-refractivity contribution < 1.29 is 8.42 Å². The molecule has 0 spiro atoms. The van der Waals surface area contributed by atoms with Crippen LogP contribution in [0.4, 0.5) is 0 Å². The highest BCUT2D eigenvalue weighted by atomic mass is 32.2. The molecule has 1 atom stereocenters. The second-order valence-corrected chi connectivity index (χ2v) is 7.36. The average molecular weight is 282 g/mol. The van der Waals surface area contributed by atoms with Crippen molar-refractivity contribution in [2.75, 3.05) is 12.3 Å². The van der Waals surface area contributed by atoms with Gasteiger partial charge in [0.25, 0.3) is 0 Å². The molecule has 1 aromatic heterocycles. The lowest BCUT2D eigenvalue weighted by Crippen LogP contribution is -2.36.